The Hall–Kier alpha value is -7.37. The molecule has 9 aliphatic carbocycles. The fourth-order valence-electron chi connectivity index (χ4n) is 23.5. The number of nitrogens with zero attached hydrogens (tertiary/aromatic N) is 3. The molecule has 3 unspecified atom stereocenters. The van der Waals surface area contributed by atoms with E-state index in [4.69, 9.17) is 14.2 Å². The van der Waals surface area contributed by atoms with Crippen LogP contribution in [0.5, 0.6) is 28.7 Å². The second kappa shape index (κ2) is 27.6. The zero-order valence-electron chi connectivity index (χ0n) is 60.7. The molecule has 10 nitrogen and oxygen atoms in total. The van der Waals surface area contributed by atoms with Gasteiger partial charge in [-0.05, 0) is 275 Å². The van der Waals surface area contributed by atoms with Gasteiger partial charge in [-0.2, -0.15) is 0 Å². The van der Waals surface area contributed by atoms with Crippen molar-refractivity contribution in [1.29, 1.82) is 0 Å². The van der Waals surface area contributed by atoms with E-state index in [1.165, 1.54) is 115 Å². The molecule has 0 spiro atoms. The number of aryl methyl sites for hydroxylation is 3. The molecule has 9 atom stereocenters. The Balaban J connectivity index is 0.000000115. The summed E-state index contributed by atoms with van der Waals surface area (Å²) in [7, 11) is 3.49. The van der Waals surface area contributed by atoms with Crippen molar-refractivity contribution >= 4 is 17.3 Å². The van der Waals surface area contributed by atoms with Crippen molar-refractivity contribution in [3.63, 3.8) is 0 Å². The second-order valence-electron chi connectivity index (χ2n) is 34.0. The lowest BCUT2D eigenvalue weighted by atomic mass is 9.42. The van der Waals surface area contributed by atoms with E-state index >= 15 is 0 Å². The molecule has 3 aliphatic heterocycles. The molecule has 3 saturated heterocycles. The van der Waals surface area contributed by atoms with E-state index in [0.717, 1.165) is 170 Å². The van der Waals surface area contributed by atoms with E-state index in [1.807, 2.05) is 42.5 Å². The normalized spacial score (nSPS) is 30.5. The summed E-state index contributed by atoms with van der Waals surface area (Å²) in [6.07, 6.45) is 28.4. The maximum Gasteiger partial charge on any atom is 0.173 e. The second-order valence-corrected chi connectivity index (χ2v) is 34.0. The number of phenolic OH excluding ortho intramolecular Hbond substituents is 1. The van der Waals surface area contributed by atoms with Crippen molar-refractivity contribution in [1.82, 2.24) is 14.7 Å². The van der Waals surface area contributed by atoms with Crippen LogP contribution in [0.2, 0.25) is 0 Å². The Bertz CT molecular complexity index is 4210. The average Bonchev–Trinajstić information content (AvgIpc) is 0.944. The van der Waals surface area contributed by atoms with Crippen LogP contribution in [0, 0.1) is 34.0 Å². The first kappa shape index (κ1) is 67.8. The highest BCUT2D eigenvalue weighted by Gasteiger charge is 2.68. The first-order chi connectivity index (χ1) is 49.8. The molecule has 0 aromatic heterocycles. The number of Topliss-reactive ketones (excluding diaryl/α,β-unsaturated/α-hetero) is 3. The van der Waals surface area contributed by atoms with E-state index in [-0.39, 0.29) is 32.5 Å². The number of fused-ring (bicyclic) bond motifs is 3. The number of rotatable bonds is 19. The number of carbonyl (C=O) groups is 3. The lowest BCUT2D eigenvalue weighted by Crippen LogP contribution is -2.69. The van der Waals surface area contributed by atoms with Gasteiger partial charge in [-0.15, -0.1) is 0 Å². The van der Waals surface area contributed by atoms with Crippen LogP contribution in [-0.2, 0) is 69.2 Å². The van der Waals surface area contributed by atoms with Crippen molar-refractivity contribution in [2.45, 2.75) is 208 Å². The molecule has 9 fully saturated rings. The molecule has 6 saturated carbocycles. The fraction of sp³-hybridized carbons (Fsp3) is 0.511. The predicted molar refractivity (Wildman–Crippen MR) is 403 cm³/mol. The Morgan fingerprint density at radius 1 is 0.412 bits per heavy atom. The minimum absolute atomic E-state index is 0.0258. The van der Waals surface area contributed by atoms with Gasteiger partial charge in [0, 0.05) is 98.1 Å². The summed E-state index contributed by atoms with van der Waals surface area (Å²) in [5.74, 6) is 7.60. The molecule has 3 heterocycles. The number of methoxy groups -OCH3 is 2. The third-order valence-electron chi connectivity index (χ3n) is 28.8. The highest BCUT2D eigenvalue weighted by atomic mass is 16.5. The van der Waals surface area contributed by atoms with E-state index in [2.05, 4.69) is 142 Å². The molecule has 102 heavy (non-hydrogen) atoms. The summed E-state index contributed by atoms with van der Waals surface area (Å²) < 4.78 is 18.3. The minimum Gasteiger partial charge on any atom is -0.508 e. The van der Waals surface area contributed by atoms with Crippen molar-refractivity contribution in [3.8, 4) is 28.7 Å². The van der Waals surface area contributed by atoms with Crippen molar-refractivity contribution in [2.24, 2.45) is 34.0 Å². The first-order valence-corrected chi connectivity index (χ1v) is 39.7. The number of benzene rings is 7. The topological polar surface area (TPSA) is 109 Å². The van der Waals surface area contributed by atoms with Gasteiger partial charge in [0.1, 0.15) is 34.6 Å². The molecular formula is C92H107N3O7. The molecule has 19 rings (SSSR count). The van der Waals surface area contributed by atoms with Crippen LogP contribution in [0.3, 0.4) is 0 Å². The van der Waals surface area contributed by atoms with Gasteiger partial charge in [0.25, 0.3) is 0 Å². The molecule has 1 N–H and O–H groups in total. The summed E-state index contributed by atoms with van der Waals surface area (Å²) in [5.41, 5.74) is 12.3. The Morgan fingerprint density at radius 2 is 0.804 bits per heavy atom. The van der Waals surface area contributed by atoms with E-state index in [1.54, 1.807) is 14.2 Å². The minimum atomic E-state index is -0.242. The molecule has 7 aromatic rings. The predicted octanol–water partition coefficient (Wildman–Crippen LogP) is 17.5. The number of piperidine rings is 3. The standard InChI is InChI=1S/C35H39NO3.C29H35NO2.C28H33NO2/c1-38-30-15-14-27-22-31-34(18-16-25-8-4-2-5-9-25)19-17-28(37)23-35(34,20-21-36(31)24-26-12-13-26)32(27)33(30)39-29-10-6-3-7-11-29;1-32-25-10-9-23-17-27-28(13-11-21-5-3-2-4-6-21)14-12-24(31)19-29(28,26(23)18-25)15-16-30(27)20-22-7-8-22;30-23-9-8-22-16-26-27(12-10-20-4-2-1-3-5-20)13-11-24(31)18-28(27,25(22)17-23)14-15-29(26)19-21-6-7-21/h2-11,14-15,26,31H,12-13,16-24H2,1H3;2-6,9-10,18,22,27H,7-8,11-17,19-20H2,1H3;1-5,8-9,17,21,26,30H,6-7,10-16,18-19H2/t31?,34-,35+;27?,28-,29+;26?,27-,28+/m000/s1. The molecule has 10 heteroatoms. The van der Waals surface area contributed by atoms with Gasteiger partial charge in [0.15, 0.2) is 11.5 Å². The molecule has 7 aromatic carbocycles. The summed E-state index contributed by atoms with van der Waals surface area (Å²) in [6.45, 7) is 6.99. The molecule has 0 radical (unpaired) electrons. The van der Waals surface area contributed by atoms with Gasteiger partial charge < -0.3 is 19.3 Å². The van der Waals surface area contributed by atoms with Gasteiger partial charge in [-0.3, -0.25) is 29.1 Å². The lowest BCUT2D eigenvalue weighted by molar-refractivity contribution is -0.141. The largest absolute Gasteiger partial charge is 0.508 e. The number of para-hydroxylation sites is 1. The number of ether oxygens (including phenoxy) is 3. The number of phenols is 1. The van der Waals surface area contributed by atoms with E-state index in [9.17, 15) is 19.5 Å². The van der Waals surface area contributed by atoms with Crippen LogP contribution in [0.25, 0.3) is 0 Å². The maximum atomic E-state index is 13.4. The Kier molecular flexibility index (Phi) is 18.3. The molecule has 12 aliphatic rings. The summed E-state index contributed by atoms with van der Waals surface area (Å²) >= 11 is 0. The Labute approximate surface area is 606 Å². The zero-order chi connectivity index (χ0) is 69.3. The zero-order valence-corrected chi connectivity index (χ0v) is 60.7. The lowest BCUT2D eigenvalue weighted by Gasteiger charge is -2.66. The smallest absolute Gasteiger partial charge is 0.173 e. The van der Waals surface area contributed by atoms with Crippen LogP contribution in [0.15, 0.2) is 170 Å². The fourth-order valence-corrected chi connectivity index (χ4v) is 23.5. The highest BCUT2D eigenvalue weighted by molar-refractivity contribution is 5.84. The van der Waals surface area contributed by atoms with Crippen LogP contribution in [0.4, 0.5) is 0 Å². The molecule has 0 amide bonds. The van der Waals surface area contributed by atoms with Gasteiger partial charge in [0.05, 0.1) is 14.2 Å². The quantitative estimate of drug-likeness (QED) is 0.0841. The summed E-state index contributed by atoms with van der Waals surface area (Å²) in [4.78, 5) is 47.9. The summed E-state index contributed by atoms with van der Waals surface area (Å²) in [5, 5.41) is 10.4. The van der Waals surface area contributed by atoms with Gasteiger partial charge in [0.2, 0.25) is 0 Å². The third kappa shape index (κ3) is 12.2. The van der Waals surface area contributed by atoms with Crippen molar-refractivity contribution < 1.29 is 33.7 Å². The van der Waals surface area contributed by atoms with Gasteiger partial charge in [-0.1, -0.05) is 127 Å². The van der Waals surface area contributed by atoms with Crippen LogP contribution < -0.4 is 14.2 Å². The number of likely N-dealkylation sites (tertiary alicyclic amines) is 3. The molecule has 6 bridgehead atoms. The number of hydrogen-bond donors (Lipinski definition) is 1. The first-order valence-electron chi connectivity index (χ1n) is 39.7. The van der Waals surface area contributed by atoms with Crippen LogP contribution in [0.1, 0.15) is 185 Å². The Morgan fingerprint density at radius 3 is 1.25 bits per heavy atom. The van der Waals surface area contributed by atoms with Crippen molar-refractivity contribution in [3.05, 3.63) is 220 Å². The molecule has 532 valence electrons. The SMILES string of the molecule is COc1ccc2c(c1)[C@]13CCN(CC4CC4)C(C2)[C@]1(CCc1ccccc1)CCC(=O)C3.COc1ccc2c(c1Oc1ccccc1)[C@]13CCN(CC4CC4)C(C2)[C@]1(CCc1ccccc1)CCC(=O)C3.O=C1CC[C@@]2(CCc3ccccc3)C3Cc4ccc(O)cc4[C@@]2(CCN3CC2CC2)C1. The van der Waals surface area contributed by atoms with Crippen LogP contribution >= 0.6 is 0 Å². The van der Waals surface area contributed by atoms with E-state index in [0.29, 0.717) is 60.5 Å². The average molecular weight is 1370 g/mol. The van der Waals surface area contributed by atoms with Crippen molar-refractivity contribution in [2.75, 3.05) is 53.5 Å². The highest BCUT2D eigenvalue weighted by Crippen LogP contribution is 2.69. The van der Waals surface area contributed by atoms with Gasteiger partial charge >= 0.3 is 0 Å². The number of ketones is 3. The third-order valence-corrected chi connectivity index (χ3v) is 28.8. The monoisotopic (exact) mass is 1370 g/mol. The number of carbonyl (C=O) groups excluding carboxylic acids is 3. The number of hydrogen-bond acceptors (Lipinski definition) is 10. The van der Waals surface area contributed by atoms with Gasteiger partial charge in [-0.25, -0.2) is 0 Å². The summed E-state index contributed by atoms with van der Waals surface area (Å²) in [6, 6.07) is 61.4. The number of aromatic hydroxyl groups is 1. The maximum absolute atomic E-state index is 13.4. The van der Waals surface area contributed by atoms with E-state index < -0.39 is 0 Å². The van der Waals surface area contributed by atoms with Crippen LogP contribution in [-0.4, -0.2) is 109 Å². The molecular weight excluding hydrogens is 1260 g/mol.